The molecule has 1 amide bonds. The summed E-state index contributed by atoms with van der Waals surface area (Å²) in [5, 5.41) is 2.43. The summed E-state index contributed by atoms with van der Waals surface area (Å²) in [4.78, 5) is 31.9. The third-order valence-corrected chi connectivity index (χ3v) is 6.89. The molecule has 0 aliphatic carbocycles. The second kappa shape index (κ2) is 8.45. The van der Waals surface area contributed by atoms with Gasteiger partial charge in [0.1, 0.15) is 11.3 Å². The largest absolute Gasteiger partial charge is 0.497 e. The maximum atomic E-state index is 13.4. The van der Waals surface area contributed by atoms with Crippen molar-refractivity contribution in [3.05, 3.63) is 62.1 Å². The highest BCUT2D eigenvalue weighted by molar-refractivity contribution is 7.10. The van der Waals surface area contributed by atoms with Gasteiger partial charge in [0.05, 0.1) is 37.3 Å². The van der Waals surface area contributed by atoms with Crippen LogP contribution < -0.4 is 10.2 Å². The molecule has 1 aromatic carbocycles. The molecule has 2 aliphatic rings. The number of carbonyl (C=O) groups is 1. The van der Waals surface area contributed by atoms with Gasteiger partial charge in [-0.25, -0.2) is 0 Å². The lowest BCUT2D eigenvalue weighted by Crippen LogP contribution is -2.38. The highest BCUT2D eigenvalue weighted by atomic mass is 32.1. The average Bonchev–Trinajstić information content (AvgIpc) is 3.42. The van der Waals surface area contributed by atoms with E-state index in [1.165, 1.54) is 0 Å². The molecule has 2 aliphatic heterocycles. The maximum Gasteiger partial charge on any atom is 0.290 e. The van der Waals surface area contributed by atoms with Crippen molar-refractivity contribution in [3.8, 4) is 5.75 Å². The van der Waals surface area contributed by atoms with E-state index in [4.69, 9.17) is 13.9 Å². The molecule has 0 saturated carbocycles. The van der Waals surface area contributed by atoms with Crippen LogP contribution in [-0.2, 0) is 4.74 Å². The molecule has 7 nitrogen and oxygen atoms in total. The Morgan fingerprint density at radius 3 is 2.74 bits per heavy atom. The molecule has 0 radical (unpaired) electrons. The summed E-state index contributed by atoms with van der Waals surface area (Å²) in [5.41, 5.74) is 0.661. The van der Waals surface area contributed by atoms with Crippen molar-refractivity contribution in [1.82, 2.24) is 9.80 Å². The van der Waals surface area contributed by atoms with Gasteiger partial charge in [-0.1, -0.05) is 6.07 Å². The van der Waals surface area contributed by atoms with Gasteiger partial charge in [0.15, 0.2) is 5.43 Å². The Kier molecular flexibility index (Phi) is 5.52. The molecule has 8 heteroatoms. The lowest BCUT2D eigenvalue weighted by atomic mass is 10.0. The van der Waals surface area contributed by atoms with Crippen molar-refractivity contribution in [3.63, 3.8) is 0 Å². The van der Waals surface area contributed by atoms with Crippen molar-refractivity contribution in [2.75, 3.05) is 46.5 Å². The molecule has 162 valence electrons. The van der Waals surface area contributed by atoms with E-state index in [2.05, 4.69) is 4.90 Å². The third kappa shape index (κ3) is 3.64. The van der Waals surface area contributed by atoms with Gasteiger partial charge in [0.25, 0.3) is 5.91 Å². The van der Waals surface area contributed by atoms with Gasteiger partial charge in [0.2, 0.25) is 5.76 Å². The van der Waals surface area contributed by atoms with Gasteiger partial charge < -0.3 is 18.8 Å². The summed E-state index contributed by atoms with van der Waals surface area (Å²) >= 11 is 1.55. The minimum Gasteiger partial charge on any atom is -0.497 e. The number of amides is 1. The van der Waals surface area contributed by atoms with E-state index in [0.29, 0.717) is 28.8 Å². The number of hydrogen-bond acceptors (Lipinski definition) is 7. The van der Waals surface area contributed by atoms with Crippen LogP contribution in [0.15, 0.2) is 44.9 Å². The smallest absolute Gasteiger partial charge is 0.290 e. The number of fused-ring (bicyclic) bond motifs is 2. The third-order valence-electron chi connectivity index (χ3n) is 5.96. The van der Waals surface area contributed by atoms with Crippen LogP contribution in [0.5, 0.6) is 5.75 Å². The Balaban J connectivity index is 1.50. The topological polar surface area (TPSA) is 72.2 Å². The average molecular weight is 441 g/mol. The molecular weight excluding hydrogens is 416 g/mol. The normalized spacial score (nSPS) is 19.2. The lowest BCUT2D eigenvalue weighted by molar-refractivity contribution is 0.0354. The quantitative estimate of drug-likeness (QED) is 0.587. The minimum atomic E-state index is -0.407. The SMILES string of the molecule is COc1ccc2c(=O)c3c(oc2c1)C(=O)N(CCCN1CCOCC1)C3c1cccs1. The number of rotatable bonds is 6. The number of methoxy groups -OCH3 is 1. The van der Waals surface area contributed by atoms with Crippen molar-refractivity contribution in [2.45, 2.75) is 12.5 Å². The van der Waals surface area contributed by atoms with E-state index in [0.717, 1.165) is 44.1 Å². The van der Waals surface area contributed by atoms with E-state index >= 15 is 0 Å². The molecule has 3 aromatic rings. The van der Waals surface area contributed by atoms with Gasteiger partial charge in [-0.3, -0.25) is 14.5 Å². The zero-order chi connectivity index (χ0) is 21.4. The Hall–Kier alpha value is -2.68. The first-order valence-corrected chi connectivity index (χ1v) is 11.3. The van der Waals surface area contributed by atoms with E-state index in [9.17, 15) is 9.59 Å². The zero-order valence-electron chi connectivity index (χ0n) is 17.3. The fourth-order valence-electron chi connectivity index (χ4n) is 4.39. The molecule has 0 N–H and O–H groups in total. The molecule has 2 aromatic heterocycles. The number of hydrogen-bond donors (Lipinski definition) is 0. The van der Waals surface area contributed by atoms with Crippen LogP contribution in [0.4, 0.5) is 0 Å². The van der Waals surface area contributed by atoms with Gasteiger partial charge in [-0.05, 0) is 30.0 Å². The van der Waals surface area contributed by atoms with Gasteiger partial charge >= 0.3 is 0 Å². The molecule has 0 bridgehead atoms. The molecule has 1 unspecified atom stereocenters. The van der Waals surface area contributed by atoms with Crippen molar-refractivity contribution in [1.29, 1.82) is 0 Å². The highest BCUT2D eigenvalue weighted by Crippen LogP contribution is 2.40. The number of nitrogens with zero attached hydrogens (tertiary/aromatic N) is 2. The Labute approximate surface area is 183 Å². The molecule has 4 heterocycles. The Bertz CT molecular complexity index is 1150. The predicted octanol–water partition coefficient (Wildman–Crippen LogP) is 3.13. The number of morpholine rings is 1. The standard InChI is InChI=1S/C23H24N2O5S/c1-28-15-5-6-16-17(14-15)30-22-19(21(16)26)20(18-4-2-13-31-18)25(23(22)27)8-3-7-24-9-11-29-12-10-24/h2,4-6,13-14,20H,3,7-12H2,1H3. The van der Waals surface area contributed by atoms with Gasteiger partial charge in [-0.2, -0.15) is 0 Å². The summed E-state index contributed by atoms with van der Waals surface area (Å²) in [6.45, 7) is 4.77. The fourth-order valence-corrected chi connectivity index (χ4v) is 5.23. The van der Waals surface area contributed by atoms with E-state index in [-0.39, 0.29) is 17.1 Å². The number of carbonyl (C=O) groups excluding carboxylic acids is 1. The highest BCUT2D eigenvalue weighted by Gasteiger charge is 2.43. The Morgan fingerprint density at radius 1 is 1.16 bits per heavy atom. The van der Waals surface area contributed by atoms with Crippen LogP contribution >= 0.6 is 11.3 Å². The summed E-state index contributed by atoms with van der Waals surface area (Å²) < 4.78 is 16.7. The zero-order valence-corrected chi connectivity index (χ0v) is 18.2. The van der Waals surface area contributed by atoms with Crippen molar-refractivity contribution in [2.24, 2.45) is 0 Å². The summed E-state index contributed by atoms with van der Waals surface area (Å²) in [6.07, 6.45) is 0.823. The first-order chi connectivity index (χ1) is 15.2. The molecule has 5 rings (SSSR count). The predicted molar refractivity (Wildman–Crippen MR) is 118 cm³/mol. The van der Waals surface area contributed by atoms with E-state index in [1.807, 2.05) is 17.5 Å². The lowest BCUT2D eigenvalue weighted by Gasteiger charge is -2.28. The van der Waals surface area contributed by atoms with Crippen molar-refractivity contribution >= 4 is 28.2 Å². The number of thiophene rings is 1. The monoisotopic (exact) mass is 440 g/mol. The van der Waals surface area contributed by atoms with E-state index < -0.39 is 6.04 Å². The van der Waals surface area contributed by atoms with Crippen LogP contribution in [0.3, 0.4) is 0 Å². The van der Waals surface area contributed by atoms with Crippen molar-refractivity contribution < 1.29 is 18.7 Å². The molecular formula is C23H24N2O5S. The summed E-state index contributed by atoms with van der Waals surface area (Å²) in [7, 11) is 1.56. The molecule has 0 spiro atoms. The first kappa shape index (κ1) is 20.2. The van der Waals surface area contributed by atoms with Crippen LogP contribution in [0.2, 0.25) is 0 Å². The number of benzene rings is 1. The fraction of sp³-hybridized carbons (Fsp3) is 0.391. The molecule has 1 saturated heterocycles. The van der Waals surface area contributed by atoms with Gasteiger partial charge in [-0.15, -0.1) is 11.3 Å². The van der Waals surface area contributed by atoms with Crippen LogP contribution in [0.25, 0.3) is 11.0 Å². The minimum absolute atomic E-state index is 0.149. The van der Waals surface area contributed by atoms with Gasteiger partial charge in [0, 0.05) is 37.1 Å². The molecule has 31 heavy (non-hydrogen) atoms. The maximum absolute atomic E-state index is 13.4. The van der Waals surface area contributed by atoms with Crippen LogP contribution in [0, 0.1) is 0 Å². The molecule has 1 atom stereocenters. The summed E-state index contributed by atoms with van der Waals surface area (Å²) in [6, 6.07) is 8.62. The second-order valence-electron chi connectivity index (χ2n) is 7.76. The van der Waals surface area contributed by atoms with E-state index in [1.54, 1.807) is 41.5 Å². The second-order valence-corrected chi connectivity index (χ2v) is 8.74. The summed E-state index contributed by atoms with van der Waals surface area (Å²) in [5.74, 6) is 0.506. The molecule has 1 fully saturated rings. The first-order valence-electron chi connectivity index (χ1n) is 10.5. The van der Waals surface area contributed by atoms with Crippen LogP contribution in [-0.4, -0.2) is 62.2 Å². The number of ether oxygens (including phenoxy) is 2. The van der Waals surface area contributed by atoms with Crippen LogP contribution in [0.1, 0.15) is 33.5 Å². The Morgan fingerprint density at radius 2 is 2.00 bits per heavy atom.